The van der Waals surface area contributed by atoms with Crippen molar-refractivity contribution < 1.29 is 4.74 Å². The van der Waals surface area contributed by atoms with E-state index in [2.05, 4.69) is 28.5 Å². The molecule has 4 aromatic rings. The Morgan fingerprint density at radius 2 is 2.03 bits per heavy atom. The van der Waals surface area contributed by atoms with E-state index in [1.54, 1.807) is 11.3 Å². The summed E-state index contributed by atoms with van der Waals surface area (Å²) in [5, 5.41) is 7.38. The number of aromatic nitrogens is 2. The molecule has 2 aromatic heterocycles. The minimum atomic E-state index is -0.0251. The number of anilines is 1. The van der Waals surface area contributed by atoms with Gasteiger partial charge in [-0.25, -0.2) is 4.98 Å². The summed E-state index contributed by atoms with van der Waals surface area (Å²) >= 11 is 7.65. The zero-order chi connectivity index (χ0) is 21.9. The highest BCUT2D eigenvalue weighted by Gasteiger charge is 2.26. The van der Waals surface area contributed by atoms with Crippen molar-refractivity contribution in [2.45, 2.75) is 31.4 Å². The van der Waals surface area contributed by atoms with E-state index >= 15 is 0 Å². The summed E-state index contributed by atoms with van der Waals surface area (Å²) in [6.45, 7) is 1.43. The van der Waals surface area contributed by atoms with Gasteiger partial charge in [-0.3, -0.25) is 4.98 Å². The number of pyridine rings is 1. The average Bonchev–Trinajstić information content (AvgIpc) is 3.49. The van der Waals surface area contributed by atoms with Crippen LogP contribution < -0.4 is 11.1 Å². The van der Waals surface area contributed by atoms with Crippen molar-refractivity contribution in [2.24, 2.45) is 5.73 Å². The first-order valence-corrected chi connectivity index (χ1v) is 12.1. The Balaban J connectivity index is 1.36. The van der Waals surface area contributed by atoms with Gasteiger partial charge < -0.3 is 15.8 Å². The molecular formula is C25H25ClN4OS. The van der Waals surface area contributed by atoms with Gasteiger partial charge in [-0.05, 0) is 60.0 Å². The smallest absolute Gasteiger partial charge is 0.183 e. The summed E-state index contributed by atoms with van der Waals surface area (Å²) in [6, 6.07) is 16.3. The topological polar surface area (TPSA) is 73.1 Å². The maximum Gasteiger partial charge on any atom is 0.183 e. The highest BCUT2D eigenvalue weighted by atomic mass is 35.5. The number of halogens is 1. The van der Waals surface area contributed by atoms with Crippen LogP contribution in [0.4, 0.5) is 5.13 Å². The molecule has 1 fully saturated rings. The van der Waals surface area contributed by atoms with Crippen molar-refractivity contribution in [3.05, 3.63) is 77.2 Å². The molecule has 2 atom stereocenters. The lowest BCUT2D eigenvalue weighted by atomic mass is 10.0. The highest BCUT2D eigenvalue weighted by Crippen LogP contribution is 2.41. The van der Waals surface area contributed by atoms with E-state index in [0.717, 1.165) is 57.5 Å². The van der Waals surface area contributed by atoms with Gasteiger partial charge in [-0.2, -0.15) is 0 Å². The lowest BCUT2D eigenvalue weighted by molar-refractivity contribution is 0.109. The van der Waals surface area contributed by atoms with Gasteiger partial charge in [-0.15, -0.1) is 0 Å². The first-order chi connectivity index (χ1) is 15.7. The van der Waals surface area contributed by atoms with Gasteiger partial charge in [0.05, 0.1) is 10.6 Å². The van der Waals surface area contributed by atoms with Crippen molar-refractivity contribution in [1.29, 1.82) is 0 Å². The zero-order valence-corrected chi connectivity index (χ0v) is 19.2. The Kier molecular flexibility index (Phi) is 6.37. The Morgan fingerprint density at radius 3 is 2.84 bits per heavy atom. The van der Waals surface area contributed by atoms with Crippen LogP contribution in [-0.4, -0.2) is 29.2 Å². The van der Waals surface area contributed by atoms with Crippen LogP contribution in [0.1, 0.15) is 30.2 Å². The van der Waals surface area contributed by atoms with Gasteiger partial charge in [0.2, 0.25) is 0 Å². The van der Waals surface area contributed by atoms with Gasteiger partial charge in [0.15, 0.2) is 5.13 Å². The van der Waals surface area contributed by atoms with Crippen molar-refractivity contribution in [2.75, 3.05) is 18.5 Å². The Labute approximate surface area is 196 Å². The van der Waals surface area contributed by atoms with E-state index < -0.39 is 0 Å². The monoisotopic (exact) mass is 464 g/mol. The average molecular weight is 465 g/mol. The summed E-state index contributed by atoms with van der Waals surface area (Å²) in [7, 11) is 0. The molecule has 3 heterocycles. The molecule has 0 aliphatic carbocycles. The molecule has 3 N–H and O–H groups in total. The number of thiazole rings is 1. The Hall–Kier alpha value is -2.51. The molecule has 1 unspecified atom stereocenters. The number of benzene rings is 2. The fourth-order valence-electron chi connectivity index (χ4n) is 4.06. The fraction of sp³-hybridized carbons (Fsp3) is 0.280. The van der Waals surface area contributed by atoms with Crippen LogP contribution in [0.2, 0.25) is 5.02 Å². The van der Waals surface area contributed by atoms with Crippen molar-refractivity contribution in [3.8, 4) is 10.4 Å². The molecule has 2 aromatic carbocycles. The van der Waals surface area contributed by atoms with E-state index in [0.29, 0.717) is 6.54 Å². The van der Waals surface area contributed by atoms with Crippen LogP contribution in [-0.2, 0) is 11.2 Å². The van der Waals surface area contributed by atoms with Gasteiger partial charge in [-0.1, -0.05) is 47.2 Å². The highest BCUT2D eigenvalue weighted by molar-refractivity contribution is 7.19. The molecule has 7 heteroatoms. The first kappa shape index (κ1) is 21.3. The van der Waals surface area contributed by atoms with Gasteiger partial charge in [0.1, 0.15) is 6.10 Å². The van der Waals surface area contributed by atoms with E-state index in [1.165, 1.54) is 10.9 Å². The number of rotatable bonds is 7. The summed E-state index contributed by atoms with van der Waals surface area (Å²) in [4.78, 5) is 10.3. The predicted octanol–water partition coefficient (Wildman–Crippen LogP) is 5.85. The molecule has 1 saturated heterocycles. The second-order valence-electron chi connectivity index (χ2n) is 8.14. The molecular weight excluding hydrogens is 440 g/mol. The molecule has 0 spiro atoms. The molecule has 32 heavy (non-hydrogen) atoms. The summed E-state index contributed by atoms with van der Waals surface area (Å²) in [5.41, 5.74) is 9.74. The number of hydrogen-bond acceptors (Lipinski definition) is 6. The lowest BCUT2D eigenvalue weighted by Gasteiger charge is -2.12. The van der Waals surface area contributed by atoms with E-state index in [1.807, 2.05) is 42.7 Å². The maximum atomic E-state index is 6.38. The number of fused-ring (bicyclic) bond motifs is 1. The van der Waals surface area contributed by atoms with Gasteiger partial charge >= 0.3 is 0 Å². The number of nitrogens with zero attached hydrogens (tertiary/aromatic N) is 2. The SMILES string of the molecule is N[C@H](CNc1nc(C2CCCO2)c(-c2ccc3cnccc3c2)s1)Cc1ccc(Cl)cc1. The van der Waals surface area contributed by atoms with Crippen LogP contribution in [0.25, 0.3) is 21.2 Å². The Morgan fingerprint density at radius 1 is 1.16 bits per heavy atom. The largest absolute Gasteiger partial charge is 0.372 e. The molecule has 0 saturated carbocycles. The summed E-state index contributed by atoms with van der Waals surface area (Å²) in [6.07, 6.45) is 6.62. The molecule has 1 aliphatic heterocycles. The lowest BCUT2D eigenvalue weighted by Crippen LogP contribution is -2.31. The second kappa shape index (κ2) is 9.55. The van der Waals surface area contributed by atoms with E-state index in [4.69, 9.17) is 27.1 Å². The number of ether oxygens (including phenoxy) is 1. The second-order valence-corrected chi connectivity index (χ2v) is 9.58. The summed E-state index contributed by atoms with van der Waals surface area (Å²) < 4.78 is 5.99. The van der Waals surface area contributed by atoms with Crippen LogP contribution >= 0.6 is 22.9 Å². The Bertz CT molecular complexity index is 1200. The number of nitrogens with one attached hydrogen (secondary N) is 1. The van der Waals surface area contributed by atoms with Crippen LogP contribution in [0.15, 0.2) is 60.9 Å². The molecule has 1 aliphatic rings. The minimum Gasteiger partial charge on any atom is -0.372 e. The molecule has 0 amide bonds. The van der Waals surface area contributed by atoms with Gasteiger partial charge in [0.25, 0.3) is 0 Å². The first-order valence-electron chi connectivity index (χ1n) is 10.9. The van der Waals surface area contributed by atoms with E-state index in [9.17, 15) is 0 Å². The molecule has 164 valence electrons. The number of hydrogen-bond donors (Lipinski definition) is 2. The van der Waals surface area contributed by atoms with Crippen molar-refractivity contribution >= 4 is 38.8 Å². The maximum absolute atomic E-state index is 6.38. The molecule has 5 rings (SSSR count). The third-order valence-electron chi connectivity index (χ3n) is 5.72. The third kappa shape index (κ3) is 4.79. The van der Waals surface area contributed by atoms with Crippen molar-refractivity contribution in [3.63, 3.8) is 0 Å². The molecule has 0 radical (unpaired) electrons. The third-order valence-corrected chi connectivity index (χ3v) is 7.05. The van der Waals surface area contributed by atoms with Crippen molar-refractivity contribution in [1.82, 2.24) is 9.97 Å². The fourth-order valence-corrected chi connectivity index (χ4v) is 5.21. The predicted molar refractivity (Wildman–Crippen MR) is 132 cm³/mol. The van der Waals surface area contributed by atoms with Crippen LogP contribution in [0, 0.1) is 0 Å². The standard InChI is InChI=1S/C25H25ClN4OS/c26-20-7-3-16(4-8-20)12-21(27)15-29-25-30-23(22-2-1-11-31-22)24(32-25)18-5-6-19-14-28-10-9-17(19)13-18/h3-10,13-14,21-22H,1-2,11-12,15,27H2,(H,29,30)/t21-,22?/m0/s1. The number of nitrogens with two attached hydrogens (primary N) is 1. The molecule has 0 bridgehead atoms. The minimum absolute atomic E-state index is 0.0251. The normalized spacial score (nSPS) is 17.0. The molecule has 5 nitrogen and oxygen atoms in total. The zero-order valence-electron chi connectivity index (χ0n) is 17.6. The van der Waals surface area contributed by atoms with Gasteiger partial charge in [0, 0.05) is 42.0 Å². The van der Waals surface area contributed by atoms with Crippen LogP contribution in [0.5, 0.6) is 0 Å². The summed E-state index contributed by atoms with van der Waals surface area (Å²) in [5.74, 6) is 0. The van der Waals surface area contributed by atoms with E-state index in [-0.39, 0.29) is 12.1 Å². The quantitative estimate of drug-likeness (QED) is 0.359. The van der Waals surface area contributed by atoms with Crippen LogP contribution in [0.3, 0.4) is 0 Å².